The highest BCUT2D eigenvalue weighted by molar-refractivity contribution is 7.23. The molecule has 4 N–H and O–H groups in total. The number of aromatic nitrogens is 3. The number of hydrogen-bond donors (Lipinski definition) is 3. The van der Waals surface area contributed by atoms with Crippen LogP contribution >= 0.6 is 11.3 Å². The third-order valence-electron chi connectivity index (χ3n) is 6.51. The second-order valence-corrected chi connectivity index (χ2v) is 11.4. The maximum Gasteiger partial charge on any atom is 0.322 e. The lowest BCUT2D eigenvalue weighted by Gasteiger charge is -2.14. The highest BCUT2D eigenvalue weighted by Crippen LogP contribution is 2.50. The molecule has 0 bridgehead atoms. The lowest BCUT2D eigenvalue weighted by Crippen LogP contribution is -2.30. The maximum atomic E-state index is 15.6. The molecule has 0 unspecified atom stereocenters. The number of benzene rings is 2. The molecule has 2 amide bonds. The van der Waals surface area contributed by atoms with Gasteiger partial charge in [-0.2, -0.15) is 0 Å². The first-order chi connectivity index (χ1) is 20.9. The first-order valence-electron chi connectivity index (χ1n) is 13.5. The Kier molecular flexibility index (Phi) is 8.36. The van der Waals surface area contributed by atoms with E-state index in [4.69, 9.17) is 10.5 Å². The summed E-state index contributed by atoms with van der Waals surface area (Å²) in [7, 11) is 0. The zero-order valence-corrected chi connectivity index (χ0v) is 25.1. The first kappa shape index (κ1) is 30.2. The minimum absolute atomic E-state index is 0.0120. The highest BCUT2D eigenvalue weighted by Gasteiger charge is 2.26. The van der Waals surface area contributed by atoms with Crippen LogP contribution in [0.1, 0.15) is 35.5 Å². The molecule has 3 heterocycles. The minimum atomic E-state index is -1.16. The molecule has 2 aromatic carbocycles. The van der Waals surface area contributed by atoms with Gasteiger partial charge in [-0.05, 0) is 63.1 Å². The molecule has 0 radical (unpaired) electrons. The number of nitrogens with one attached hydrogen (secondary N) is 2. The van der Waals surface area contributed by atoms with Gasteiger partial charge in [-0.15, -0.1) is 11.3 Å². The molecule has 0 saturated heterocycles. The van der Waals surface area contributed by atoms with Gasteiger partial charge in [-0.3, -0.25) is 9.59 Å². The van der Waals surface area contributed by atoms with Gasteiger partial charge in [0.15, 0.2) is 17.4 Å². The Balaban J connectivity index is 1.76. The van der Waals surface area contributed by atoms with E-state index in [0.717, 1.165) is 5.56 Å². The number of pyridine rings is 1. The number of anilines is 2. The molecular weight excluding hydrogens is 586 g/mol. The normalized spacial score (nSPS) is 11.1. The number of amides is 2. The SMILES string of the molecule is C=C(F)C(=O)Nc1cc(C)ccc1-c1sc2c(C(=O)NC(C)C)cnc(N)c2c1-c1ccc(Oc2nccc(C)n2)c(F)c1. The molecule has 0 saturated carbocycles. The number of carbonyl (C=O) groups is 2. The number of aryl methyl sites for hydroxylation is 2. The Bertz CT molecular complexity index is 1960. The summed E-state index contributed by atoms with van der Waals surface area (Å²) in [6, 6.07) is 11.1. The number of nitrogens with two attached hydrogens (primary N) is 1. The summed E-state index contributed by atoms with van der Waals surface area (Å²) in [6.07, 6.45) is 2.90. The quantitative estimate of drug-likeness (QED) is 0.159. The molecule has 0 aliphatic rings. The highest BCUT2D eigenvalue weighted by atomic mass is 32.1. The third kappa shape index (κ3) is 6.11. The van der Waals surface area contributed by atoms with E-state index < -0.39 is 17.6 Å². The van der Waals surface area contributed by atoms with Crippen LogP contribution in [-0.2, 0) is 4.79 Å². The summed E-state index contributed by atoms with van der Waals surface area (Å²) in [5.41, 5.74) is 9.77. The van der Waals surface area contributed by atoms with Crippen LogP contribution in [0, 0.1) is 19.7 Å². The average molecular weight is 615 g/mol. The van der Waals surface area contributed by atoms with E-state index in [1.54, 1.807) is 31.2 Å². The van der Waals surface area contributed by atoms with Crippen LogP contribution in [-0.4, -0.2) is 32.8 Å². The minimum Gasteiger partial charge on any atom is -0.421 e. The fourth-order valence-electron chi connectivity index (χ4n) is 4.55. The van der Waals surface area contributed by atoms with Gasteiger partial charge in [0, 0.05) is 45.5 Å². The van der Waals surface area contributed by atoms with Crippen LogP contribution in [0.2, 0.25) is 0 Å². The lowest BCUT2D eigenvalue weighted by molar-refractivity contribution is -0.114. The fourth-order valence-corrected chi connectivity index (χ4v) is 5.93. The van der Waals surface area contributed by atoms with E-state index in [1.807, 2.05) is 26.8 Å². The second-order valence-electron chi connectivity index (χ2n) is 10.3. The molecule has 0 spiro atoms. The molecule has 224 valence electrons. The van der Waals surface area contributed by atoms with Crippen molar-refractivity contribution in [2.45, 2.75) is 33.7 Å². The van der Waals surface area contributed by atoms with Crippen molar-refractivity contribution in [2.75, 3.05) is 11.1 Å². The second kappa shape index (κ2) is 12.2. The molecule has 44 heavy (non-hydrogen) atoms. The molecule has 0 aliphatic heterocycles. The number of halogens is 2. The average Bonchev–Trinajstić information content (AvgIpc) is 3.35. The summed E-state index contributed by atoms with van der Waals surface area (Å²) in [6.45, 7) is 10.3. The summed E-state index contributed by atoms with van der Waals surface area (Å²) >= 11 is 1.22. The molecule has 0 atom stereocenters. The Hall–Kier alpha value is -5.23. The van der Waals surface area contributed by atoms with Gasteiger partial charge in [0.1, 0.15) is 5.82 Å². The Morgan fingerprint density at radius 1 is 1.09 bits per heavy atom. The van der Waals surface area contributed by atoms with Gasteiger partial charge in [-0.1, -0.05) is 24.8 Å². The van der Waals surface area contributed by atoms with E-state index in [-0.39, 0.29) is 35.1 Å². The number of ether oxygens (including phenoxy) is 1. The summed E-state index contributed by atoms with van der Waals surface area (Å²) in [4.78, 5) is 38.6. The van der Waals surface area contributed by atoms with Gasteiger partial charge in [-0.25, -0.2) is 23.7 Å². The van der Waals surface area contributed by atoms with Gasteiger partial charge in [0.05, 0.1) is 16.0 Å². The Morgan fingerprint density at radius 3 is 2.55 bits per heavy atom. The number of nitrogens with zero attached hydrogens (tertiary/aromatic N) is 3. The van der Waals surface area contributed by atoms with Gasteiger partial charge < -0.3 is 21.1 Å². The van der Waals surface area contributed by atoms with E-state index >= 15 is 4.39 Å². The summed E-state index contributed by atoms with van der Waals surface area (Å²) < 4.78 is 35.5. The molecule has 0 fully saturated rings. The number of thiophene rings is 1. The topological polar surface area (TPSA) is 132 Å². The van der Waals surface area contributed by atoms with Gasteiger partial charge in [0.2, 0.25) is 0 Å². The van der Waals surface area contributed by atoms with Crippen LogP contribution in [0.15, 0.2) is 67.3 Å². The van der Waals surface area contributed by atoms with E-state index in [9.17, 15) is 14.0 Å². The van der Waals surface area contributed by atoms with Crippen molar-refractivity contribution in [3.8, 4) is 33.3 Å². The molecule has 5 aromatic rings. The number of carbonyl (C=O) groups excluding carboxylic acids is 2. The van der Waals surface area contributed by atoms with E-state index in [1.165, 1.54) is 35.9 Å². The van der Waals surface area contributed by atoms with Crippen molar-refractivity contribution in [3.63, 3.8) is 0 Å². The van der Waals surface area contributed by atoms with Crippen LogP contribution < -0.4 is 21.1 Å². The van der Waals surface area contributed by atoms with Crippen molar-refractivity contribution < 1.29 is 23.1 Å². The lowest BCUT2D eigenvalue weighted by atomic mass is 9.96. The Morgan fingerprint density at radius 2 is 1.86 bits per heavy atom. The van der Waals surface area contributed by atoms with Crippen LogP contribution in [0.4, 0.5) is 20.3 Å². The molecular formula is C32H28F2N6O3S. The van der Waals surface area contributed by atoms with Crippen molar-refractivity contribution in [1.29, 1.82) is 0 Å². The van der Waals surface area contributed by atoms with Crippen molar-refractivity contribution in [3.05, 3.63) is 89.9 Å². The molecule has 9 nitrogen and oxygen atoms in total. The largest absolute Gasteiger partial charge is 0.421 e. The third-order valence-corrected chi connectivity index (χ3v) is 7.77. The molecule has 3 aromatic heterocycles. The van der Waals surface area contributed by atoms with Crippen LogP contribution in [0.25, 0.3) is 31.7 Å². The first-order valence-corrected chi connectivity index (χ1v) is 14.3. The number of hydrogen-bond acceptors (Lipinski definition) is 8. The number of nitrogen functional groups attached to an aromatic ring is 1. The Labute approximate surface area is 255 Å². The van der Waals surface area contributed by atoms with Crippen LogP contribution in [0.5, 0.6) is 11.8 Å². The van der Waals surface area contributed by atoms with Gasteiger partial charge in [0.25, 0.3) is 11.8 Å². The zero-order valence-electron chi connectivity index (χ0n) is 24.3. The standard InChI is InChI=1S/C32H28F2N6O3S/c1-15(2)38-31(42)21-14-37-29(35)26-25(19-7-9-24(22(34)13-19)43-32-36-11-10-17(4)39-32)27(44-28(21)26)20-8-6-16(3)12-23(20)40-30(41)18(5)33/h6-15H,5H2,1-4H3,(H2,35,37)(H,38,42)(H,40,41). The zero-order chi connectivity index (χ0) is 31.7. The number of rotatable bonds is 8. The molecule has 0 aliphatic carbocycles. The summed E-state index contributed by atoms with van der Waals surface area (Å²) in [5, 5.41) is 5.85. The summed E-state index contributed by atoms with van der Waals surface area (Å²) in [5.74, 6) is -3.23. The molecule has 12 heteroatoms. The predicted molar refractivity (Wildman–Crippen MR) is 168 cm³/mol. The monoisotopic (exact) mass is 614 g/mol. The van der Waals surface area contributed by atoms with Crippen LogP contribution in [0.3, 0.4) is 0 Å². The van der Waals surface area contributed by atoms with Gasteiger partial charge >= 0.3 is 6.01 Å². The van der Waals surface area contributed by atoms with Crippen molar-refractivity contribution in [1.82, 2.24) is 20.3 Å². The fraction of sp³-hybridized carbons (Fsp3) is 0.156. The predicted octanol–water partition coefficient (Wildman–Crippen LogP) is 7.11. The van der Waals surface area contributed by atoms with Crippen molar-refractivity contribution >= 4 is 44.7 Å². The van der Waals surface area contributed by atoms with E-state index in [2.05, 4.69) is 32.2 Å². The maximum absolute atomic E-state index is 15.6. The van der Waals surface area contributed by atoms with Crippen molar-refractivity contribution in [2.24, 2.45) is 0 Å². The smallest absolute Gasteiger partial charge is 0.322 e. The molecule has 5 rings (SSSR count). The number of fused-ring (bicyclic) bond motifs is 1. The van der Waals surface area contributed by atoms with E-state index in [0.29, 0.717) is 43.0 Å².